The van der Waals surface area contributed by atoms with Gasteiger partial charge in [-0.15, -0.1) is 12.4 Å². The van der Waals surface area contributed by atoms with E-state index in [9.17, 15) is 18.0 Å². The lowest BCUT2D eigenvalue weighted by Crippen LogP contribution is -2.29. The predicted octanol–water partition coefficient (Wildman–Crippen LogP) is 3.83. The summed E-state index contributed by atoms with van der Waals surface area (Å²) < 4.78 is 38.1. The quantitative estimate of drug-likeness (QED) is 0.806. The third-order valence-electron chi connectivity index (χ3n) is 2.97. The normalized spacial score (nSPS) is 14.5. The Hall–Kier alpha value is -0.790. The van der Waals surface area contributed by atoms with Crippen LogP contribution in [0.25, 0.3) is 0 Å². The molecular formula is C13H15BrClF3N2O. The zero-order chi connectivity index (χ0) is 14.8. The van der Waals surface area contributed by atoms with Gasteiger partial charge in [0.2, 0.25) is 5.91 Å². The molecule has 0 radical (unpaired) electrons. The Balaban J connectivity index is 0.00000220. The number of hydrogen-bond donors (Lipinski definition) is 2. The maximum absolute atomic E-state index is 12.7. The maximum Gasteiger partial charge on any atom is 0.417 e. The lowest BCUT2D eigenvalue weighted by Gasteiger charge is -2.12. The number of halogens is 5. The molecule has 0 bridgehead atoms. The molecule has 0 unspecified atom stereocenters. The van der Waals surface area contributed by atoms with E-state index < -0.39 is 11.7 Å². The van der Waals surface area contributed by atoms with Crippen LogP contribution in [0.4, 0.5) is 18.9 Å². The standard InChI is InChI=1S/C13H14BrF3N2O.ClH/c14-11-4-3-9(5-10(11)13(15,16)17)19-12(20)7-18-6-8-1-2-8;/h3-5,8,18H,1-2,6-7H2,(H,19,20);1H. The highest BCUT2D eigenvalue weighted by molar-refractivity contribution is 9.10. The fraction of sp³-hybridized carbons (Fsp3) is 0.462. The van der Waals surface area contributed by atoms with Crippen LogP contribution in [0, 0.1) is 5.92 Å². The van der Waals surface area contributed by atoms with Gasteiger partial charge < -0.3 is 10.6 Å². The van der Waals surface area contributed by atoms with Crippen molar-refractivity contribution in [1.82, 2.24) is 5.32 Å². The summed E-state index contributed by atoms with van der Waals surface area (Å²) in [5.41, 5.74) is -0.667. The Morgan fingerprint density at radius 1 is 1.33 bits per heavy atom. The van der Waals surface area contributed by atoms with Gasteiger partial charge in [0.05, 0.1) is 12.1 Å². The summed E-state index contributed by atoms with van der Waals surface area (Å²) >= 11 is 2.85. The topological polar surface area (TPSA) is 41.1 Å². The molecule has 1 aromatic carbocycles. The van der Waals surface area contributed by atoms with E-state index in [-0.39, 0.29) is 35.0 Å². The first-order chi connectivity index (χ1) is 9.36. The highest BCUT2D eigenvalue weighted by Gasteiger charge is 2.33. The van der Waals surface area contributed by atoms with Crippen LogP contribution >= 0.6 is 28.3 Å². The molecule has 1 fully saturated rings. The van der Waals surface area contributed by atoms with E-state index in [1.807, 2.05) is 0 Å². The Kier molecular flexibility index (Phi) is 6.49. The predicted molar refractivity (Wildman–Crippen MR) is 80.6 cm³/mol. The van der Waals surface area contributed by atoms with Gasteiger partial charge in [-0.25, -0.2) is 0 Å². The minimum Gasteiger partial charge on any atom is -0.325 e. The summed E-state index contributed by atoms with van der Waals surface area (Å²) in [6.45, 7) is 0.884. The molecule has 0 heterocycles. The first-order valence-corrected chi connectivity index (χ1v) is 7.03. The van der Waals surface area contributed by atoms with E-state index in [2.05, 4.69) is 26.6 Å². The Labute approximate surface area is 135 Å². The Morgan fingerprint density at radius 2 is 2.00 bits per heavy atom. The molecule has 0 atom stereocenters. The number of hydrogen-bond acceptors (Lipinski definition) is 2. The van der Waals surface area contributed by atoms with Crippen molar-refractivity contribution in [2.75, 3.05) is 18.4 Å². The van der Waals surface area contributed by atoms with E-state index in [1.54, 1.807) is 0 Å². The lowest BCUT2D eigenvalue weighted by atomic mass is 10.2. The molecule has 1 saturated carbocycles. The maximum atomic E-state index is 12.7. The minimum atomic E-state index is -4.45. The zero-order valence-electron chi connectivity index (χ0n) is 11.0. The molecule has 0 aromatic heterocycles. The fourth-order valence-corrected chi connectivity index (χ4v) is 2.21. The van der Waals surface area contributed by atoms with E-state index in [0.717, 1.165) is 12.6 Å². The van der Waals surface area contributed by atoms with Crippen LogP contribution in [-0.4, -0.2) is 19.0 Å². The summed E-state index contributed by atoms with van der Waals surface area (Å²) in [6.07, 6.45) is -2.10. The number of rotatable bonds is 5. The van der Waals surface area contributed by atoms with Gasteiger partial charge in [-0.2, -0.15) is 13.2 Å². The van der Waals surface area contributed by atoms with Crippen LogP contribution in [0.2, 0.25) is 0 Å². The molecular weight excluding hydrogens is 373 g/mol. The Bertz CT molecular complexity index is 507. The first-order valence-electron chi connectivity index (χ1n) is 6.23. The van der Waals surface area contributed by atoms with Crippen LogP contribution < -0.4 is 10.6 Å². The molecule has 21 heavy (non-hydrogen) atoms. The molecule has 1 aromatic rings. The molecule has 0 aliphatic heterocycles. The van der Waals surface area contributed by atoms with E-state index >= 15 is 0 Å². The molecule has 3 nitrogen and oxygen atoms in total. The van der Waals surface area contributed by atoms with Gasteiger partial charge >= 0.3 is 6.18 Å². The number of carbonyl (C=O) groups is 1. The summed E-state index contributed by atoms with van der Waals surface area (Å²) in [6, 6.07) is 3.62. The minimum absolute atomic E-state index is 0. The molecule has 2 N–H and O–H groups in total. The second-order valence-corrected chi connectivity index (χ2v) is 5.67. The largest absolute Gasteiger partial charge is 0.417 e. The van der Waals surface area contributed by atoms with Crippen molar-refractivity contribution in [3.63, 3.8) is 0 Å². The van der Waals surface area contributed by atoms with Crippen LogP contribution in [0.3, 0.4) is 0 Å². The number of carbonyl (C=O) groups excluding carboxylic acids is 1. The monoisotopic (exact) mass is 386 g/mol. The van der Waals surface area contributed by atoms with E-state index in [4.69, 9.17) is 0 Å². The summed E-state index contributed by atoms with van der Waals surface area (Å²) in [4.78, 5) is 11.6. The van der Waals surface area contributed by atoms with Crippen molar-refractivity contribution >= 4 is 39.9 Å². The molecule has 0 saturated heterocycles. The molecule has 1 aliphatic carbocycles. The van der Waals surface area contributed by atoms with Gasteiger partial charge in [-0.05, 0) is 43.5 Å². The third-order valence-corrected chi connectivity index (χ3v) is 3.66. The average Bonchev–Trinajstić information content (AvgIpc) is 3.14. The number of alkyl halides is 3. The number of anilines is 1. The van der Waals surface area contributed by atoms with Crippen LogP contribution in [0.5, 0.6) is 0 Å². The number of amides is 1. The van der Waals surface area contributed by atoms with Gasteiger partial charge in [-0.1, -0.05) is 15.9 Å². The molecule has 1 amide bonds. The van der Waals surface area contributed by atoms with Crippen molar-refractivity contribution in [2.45, 2.75) is 19.0 Å². The van der Waals surface area contributed by atoms with E-state index in [0.29, 0.717) is 5.92 Å². The molecule has 8 heteroatoms. The van der Waals surface area contributed by atoms with Gasteiger partial charge in [0.25, 0.3) is 0 Å². The summed E-state index contributed by atoms with van der Waals surface area (Å²) in [5, 5.41) is 5.43. The smallest absolute Gasteiger partial charge is 0.325 e. The molecule has 1 aliphatic rings. The summed E-state index contributed by atoms with van der Waals surface area (Å²) in [5.74, 6) is 0.299. The molecule has 2 rings (SSSR count). The number of benzene rings is 1. The van der Waals surface area contributed by atoms with Crippen LogP contribution in [0.15, 0.2) is 22.7 Å². The van der Waals surface area contributed by atoms with Crippen molar-refractivity contribution < 1.29 is 18.0 Å². The van der Waals surface area contributed by atoms with Gasteiger partial charge in [0, 0.05) is 10.2 Å². The zero-order valence-corrected chi connectivity index (χ0v) is 13.4. The second-order valence-electron chi connectivity index (χ2n) is 4.81. The van der Waals surface area contributed by atoms with E-state index in [1.165, 1.54) is 25.0 Å². The van der Waals surface area contributed by atoms with Crippen molar-refractivity contribution in [1.29, 1.82) is 0 Å². The molecule has 0 spiro atoms. The van der Waals surface area contributed by atoms with Gasteiger partial charge in [-0.3, -0.25) is 4.79 Å². The van der Waals surface area contributed by atoms with Crippen molar-refractivity contribution in [3.05, 3.63) is 28.2 Å². The van der Waals surface area contributed by atoms with Gasteiger partial charge in [0.15, 0.2) is 0 Å². The van der Waals surface area contributed by atoms with Gasteiger partial charge in [0.1, 0.15) is 0 Å². The van der Waals surface area contributed by atoms with Crippen LogP contribution in [-0.2, 0) is 11.0 Å². The van der Waals surface area contributed by atoms with Crippen molar-refractivity contribution in [3.8, 4) is 0 Å². The highest BCUT2D eigenvalue weighted by Crippen LogP contribution is 2.36. The fourth-order valence-electron chi connectivity index (χ4n) is 1.74. The Morgan fingerprint density at radius 3 is 2.57 bits per heavy atom. The van der Waals surface area contributed by atoms with Crippen LogP contribution in [0.1, 0.15) is 18.4 Å². The second kappa shape index (κ2) is 7.47. The third kappa shape index (κ3) is 5.84. The highest BCUT2D eigenvalue weighted by atomic mass is 79.9. The summed E-state index contributed by atoms with van der Waals surface area (Å²) in [7, 11) is 0. The average molecular weight is 388 g/mol. The molecule has 118 valence electrons. The number of nitrogens with one attached hydrogen (secondary N) is 2. The lowest BCUT2D eigenvalue weighted by molar-refractivity contribution is -0.138. The first kappa shape index (κ1) is 18.3. The SMILES string of the molecule is Cl.O=C(CNCC1CC1)Nc1ccc(Br)c(C(F)(F)F)c1. The van der Waals surface area contributed by atoms with Crippen molar-refractivity contribution in [2.24, 2.45) is 5.92 Å².